The molecule has 0 aliphatic carbocycles. The van der Waals surface area contributed by atoms with Crippen LogP contribution in [0.15, 0.2) is 11.9 Å². The van der Waals surface area contributed by atoms with Gasteiger partial charge < -0.3 is 9.79 Å². The van der Waals surface area contributed by atoms with E-state index in [1.807, 2.05) is 6.08 Å². The van der Waals surface area contributed by atoms with Crippen LogP contribution in [0.2, 0.25) is 0 Å². The fraction of sp³-hybridized carbons (Fsp3) is 0.500. The molecule has 0 saturated carbocycles. The van der Waals surface area contributed by atoms with Crippen molar-refractivity contribution < 1.29 is 18.7 Å². The fourth-order valence-electron chi connectivity index (χ4n) is 0.673. The number of hydrogen-bond donors (Lipinski definition) is 2. The first-order valence-electron chi connectivity index (χ1n) is 2.76. The van der Waals surface area contributed by atoms with Gasteiger partial charge in [0, 0.05) is 0 Å². The van der Waals surface area contributed by atoms with Crippen molar-refractivity contribution in [3.8, 4) is 0 Å². The monoisotopic (exact) mass is 182 g/mol. The Labute approximate surface area is 60.0 Å². The molecule has 1 heterocycles. The lowest BCUT2D eigenvalue weighted by atomic mass is 10.5. The number of rotatable bonds is 2. The van der Waals surface area contributed by atoms with Crippen LogP contribution in [0.4, 0.5) is 0 Å². The summed E-state index contributed by atoms with van der Waals surface area (Å²) >= 11 is 0. The quantitative estimate of drug-likeness (QED) is 0.633. The van der Waals surface area contributed by atoms with Gasteiger partial charge in [-0.1, -0.05) is 6.08 Å². The zero-order valence-corrected chi connectivity index (χ0v) is 6.96. The van der Waals surface area contributed by atoms with Crippen LogP contribution in [-0.2, 0) is 8.88 Å². The molecule has 6 heteroatoms. The minimum absolute atomic E-state index is 0.737. The first-order valence-corrected chi connectivity index (χ1v) is 5.81. The molecule has 0 radical (unpaired) electrons. The Bertz CT molecular complexity index is 184. The van der Waals surface area contributed by atoms with E-state index in [2.05, 4.69) is 4.31 Å². The predicted octanol–water partition coefficient (Wildman–Crippen LogP) is 1.41. The lowest BCUT2D eigenvalue weighted by Crippen LogP contribution is -1.81. The smallest absolute Gasteiger partial charge is 0.302 e. The Morgan fingerprint density at radius 2 is 2.30 bits per heavy atom. The van der Waals surface area contributed by atoms with E-state index in [4.69, 9.17) is 9.79 Å². The Morgan fingerprint density at radius 3 is 2.70 bits per heavy atom. The van der Waals surface area contributed by atoms with Crippen molar-refractivity contribution in [3.05, 3.63) is 11.9 Å². The van der Waals surface area contributed by atoms with Crippen LogP contribution in [0.3, 0.4) is 0 Å². The van der Waals surface area contributed by atoms with Crippen molar-refractivity contribution >= 4 is 16.0 Å². The molecule has 0 fully saturated rings. The van der Waals surface area contributed by atoms with Crippen molar-refractivity contribution in [2.45, 2.75) is 6.42 Å². The van der Waals surface area contributed by atoms with E-state index in [-0.39, 0.29) is 0 Å². The molecule has 0 amide bonds. The molecule has 0 bridgehead atoms. The Balaban J connectivity index is 2.39. The largest absolute Gasteiger partial charge is 0.473 e. The summed E-state index contributed by atoms with van der Waals surface area (Å²) in [6.07, 6.45) is 3.48. The van der Waals surface area contributed by atoms with Gasteiger partial charge in [0.1, 0.15) is 0 Å². The first kappa shape index (κ1) is 8.38. The van der Waals surface area contributed by atoms with Crippen LogP contribution in [0, 0.1) is 0 Å². The molecular weight excluding hydrogens is 174 g/mol. The van der Waals surface area contributed by atoms with Crippen molar-refractivity contribution in [3.63, 3.8) is 0 Å². The fourth-order valence-corrected chi connectivity index (χ4v) is 3.25. The molecule has 0 spiro atoms. The molecule has 1 aliphatic heterocycles. The molecule has 0 aromatic rings. The maximum atomic E-state index is 10.2. The van der Waals surface area contributed by atoms with Crippen LogP contribution in [0.25, 0.3) is 0 Å². The Kier molecular flexibility index (Phi) is 2.61. The predicted molar refractivity (Wildman–Crippen MR) is 38.7 cm³/mol. The maximum absolute atomic E-state index is 10.2. The zero-order valence-electron chi connectivity index (χ0n) is 5.17. The molecule has 0 aromatic carbocycles. The molecule has 10 heavy (non-hydrogen) atoms. The van der Waals surface area contributed by atoms with E-state index in [0.717, 1.165) is 12.6 Å². The summed E-state index contributed by atoms with van der Waals surface area (Å²) in [5.41, 5.74) is 0. The van der Waals surface area contributed by atoms with E-state index < -0.39 is 16.0 Å². The lowest BCUT2D eigenvalue weighted by molar-refractivity contribution is 0.294. The summed E-state index contributed by atoms with van der Waals surface area (Å²) in [6.45, 7) is 0. The van der Waals surface area contributed by atoms with Crippen LogP contribution in [-0.4, -0.2) is 15.9 Å². The van der Waals surface area contributed by atoms with Crippen LogP contribution in [0.1, 0.15) is 6.42 Å². The van der Waals surface area contributed by atoms with Crippen LogP contribution >= 0.6 is 16.0 Å². The van der Waals surface area contributed by atoms with E-state index >= 15 is 0 Å². The molecule has 0 saturated heterocycles. The topological polar surface area (TPSA) is 66.8 Å². The summed E-state index contributed by atoms with van der Waals surface area (Å²) in [5, 5.41) is 0. The third-order valence-corrected chi connectivity index (χ3v) is 3.93. The molecule has 1 aliphatic rings. The summed E-state index contributed by atoms with van der Waals surface area (Å²) in [5.74, 6) is 1.73. The second-order valence-corrected chi connectivity index (χ2v) is 5.10. The van der Waals surface area contributed by atoms with Gasteiger partial charge >= 0.3 is 7.82 Å². The maximum Gasteiger partial charge on any atom is 0.473 e. The van der Waals surface area contributed by atoms with E-state index in [1.54, 1.807) is 5.82 Å². The SMILES string of the molecule is O=P(O)(O)OP1C=CCC1. The number of phosphoric acid groups is 1. The minimum atomic E-state index is -4.24. The van der Waals surface area contributed by atoms with Crippen molar-refractivity contribution in [2.24, 2.45) is 0 Å². The van der Waals surface area contributed by atoms with Gasteiger partial charge in [0.2, 0.25) is 0 Å². The second kappa shape index (κ2) is 3.12. The average molecular weight is 182 g/mol. The van der Waals surface area contributed by atoms with Gasteiger partial charge in [-0.05, 0) is 18.4 Å². The molecule has 1 rings (SSSR count). The summed E-state index contributed by atoms with van der Waals surface area (Å²) in [7, 11) is -5.21. The Morgan fingerprint density at radius 1 is 1.60 bits per heavy atom. The van der Waals surface area contributed by atoms with Gasteiger partial charge in [-0.3, -0.25) is 4.31 Å². The van der Waals surface area contributed by atoms with Crippen molar-refractivity contribution in [1.29, 1.82) is 0 Å². The summed E-state index contributed by atoms with van der Waals surface area (Å²) in [4.78, 5) is 16.7. The third kappa shape index (κ3) is 2.91. The van der Waals surface area contributed by atoms with Gasteiger partial charge in [-0.2, -0.15) is 0 Å². The normalized spacial score (nSPS) is 25.6. The van der Waals surface area contributed by atoms with Gasteiger partial charge in [0.25, 0.3) is 0 Å². The first-order chi connectivity index (χ1) is 4.58. The average Bonchev–Trinajstić information content (AvgIpc) is 2.12. The standard InChI is InChI=1S/C4H8O4P2/c5-10(6,7)8-9-3-1-2-4-9/h1,3H,2,4H2,(H2,5,6,7). The molecular formula is C4H8O4P2. The molecule has 1 unspecified atom stereocenters. The highest BCUT2D eigenvalue weighted by Gasteiger charge is 2.21. The van der Waals surface area contributed by atoms with Gasteiger partial charge in [0.05, 0.1) is 8.15 Å². The van der Waals surface area contributed by atoms with Gasteiger partial charge in [-0.15, -0.1) is 0 Å². The highest BCUT2D eigenvalue weighted by Crippen LogP contribution is 2.56. The van der Waals surface area contributed by atoms with Crippen LogP contribution in [0.5, 0.6) is 0 Å². The van der Waals surface area contributed by atoms with Crippen molar-refractivity contribution in [2.75, 3.05) is 6.16 Å². The molecule has 2 N–H and O–H groups in total. The van der Waals surface area contributed by atoms with E-state index in [1.165, 1.54) is 0 Å². The molecule has 4 nitrogen and oxygen atoms in total. The zero-order chi connectivity index (χ0) is 7.61. The third-order valence-electron chi connectivity index (χ3n) is 0.999. The van der Waals surface area contributed by atoms with Gasteiger partial charge in [0.15, 0.2) is 0 Å². The molecule has 0 aromatic heterocycles. The number of allylic oxidation sites excluding steroid dienone is 1. The van der Waals surface area contributed by atoms with Crippen LogP contribution < -0.4 is 0 Å². The molecule has 58 valence electrons. The van der Waals surface area contributed by atoms with E-state index in [9.17, 15) is 4.57 Å². The Hall–Kier alpha value is 0.280. The summed E-state index contributed by atoms with van der Waals surface area (Å²) < 4.78 is 14.7. The minimum Gasteiger partial charge on any atom is -0.302 e. The van der Waals surface area contributed by atoms with Gasteiger partial charge in [-0.25, -0.2) is 4.57 Å². The summed E-state index contributed by atoms with van der Waals surface area (Å²) in [6, 6.07) is 0. The number of hydrogen-bond acceptors (Lipinski definition) is 2. The molecule has 1 atom stereocenters. The van der Waals surface area contributed by atoms with E-state index in [0.29, 0.717) is 0 Å². The lowest BCUT2D eigenvalue weighted by Gasteiger charge is -2.08. The highest BCUT2D eigenvalue weighted by molar-refractivity contribution is 7.65. The second-order valence-electron chi connectivity index (χ2n) is 1.89. The van der Waals surface area contributed by atoms with Crippen molar-refractivity contribution in [1.82, 2.24) is 0 Å². The highest BCUT2D eigenvalue weighted by atomic mass is 31.2.